The molecule has 0 radical (unpaired) electrons. The van der Waals surface area contributed by atoms with E-state index in [-0.39, 0.29) is 63.5 Å². The quantitative estimate of drug-likeness (QED) is 0.0503. The predicted octanol–water partition coefficient (Wildman–Crippen LogP) is 6.18. The number of carbonyl (C=O) groups excluding carboxylic acids is 7. The van der Waals surface area contributed by atoms with Crippen LogP contribution in [-0.4, -0.2) is 130 Å². The molecule has 2 aromatic rings. The molecule has 7 bridgehead atoms. The zero-order chi connectivity index (χ0) is 60.3. The monoisotopic (exact) mass is 1160 g/mol. The molecule has 0 spiro atoms. The first-order valence-electron chi connectivity index (χ1n) is 26.6. The van der Waals surface area contributed by atoms with Crippen LogP contribution < -0.4 is 21.3 Å². The number of phenols is 1. The number of fused-ring (bicyclic) bond motifs is 10. The Morgan fingerprint density at radius 1 is 0.915 bits per heavy atom. The molecular formula is C56H68N6O19S. The Morgan fingerprint density at radius 2 is 1.60 bits per heavy atom. The summed E-state index contributed by atoms with van der Waals surface area (Å²) in [5.74, 6) is -11.8. The Balaban J connectivity index is 1.12. The highest BCUT2D eigenvalue weighted by Gasteiger charge is 2.53. The van der Waals surface area contributed by atoms with Crippen molar-refractivity contribution >= 4 is 52.9 Å². The number of hydrogen-bond donors (Lipinski definition) is 3. The number of esters is 3. The number of ketones is 3. The summed E-state index contributed by atoms with van der Waals surface area (Å²) in [6, 6.07) is -0.854. The summed E-state index contributed by atoms with van der Waals surface area (Å²) in [7, 11) is 1.45. The highest BCUT2D eigenvalue weighted by atomic mass is 32.2. The molecule has 1 aromatic carbocycles. The number of methoxy groups -OCH3 is 1. The Kier molecular flexibility index (Phi) is 19.3. The molecule has 26 heteroatoms. The number of allylic oxidation sites excluding steroid dienone is 4. The van der Waals surface area contributed by atoms with Crippen LogP contribution >= 0.6 is 11.8 Å². The molecule has 3 N–H and O–H groups in total. The fourth-order valence-corrected chi connectivity index (χ4v) is 11.6. The van der Waals surface area contributed by atoms with Gasteiger partial charge in [-0.15, -0.1) is 11.8 Å². The van der Waals surface area contributed by atoms with Crippen molar-refractivity contribution < 1.29 is 81.3 Å². The molecule has 12 atom stereocenters. The number of amides is 1. The van der Waals surface area contributed by atoms with Gasteiger partial charge in [-0.3, -0.25) is 47.9 Å². The highest BCUT2D eigenvalue weighted by molar-refractivity contribution is 8.04. The Labute approximate surface area is 475 Å². The SMILES string of the molecule is CO[C@H]1/C=C/O[C@@]2(C)Oc3c(C)c(O)c4c(c3C2=O)C(=O)C(SCCOC(=O)CCC(=O)OC[C@H]2O[C@@H](n3cc(C)c(=O)[nH]c3=O)C[C@@H]2N=[N+]=[N-])=C(NC(=O)/C(C)=C\C=C\[C@H](C)[C@@H]2OC(C)(C)O[C@@H]([C@H](C)[C@@H](OC(C)=O)[C@@H]1C)[C@@H]2C)C4=O. The van der Waals surface area contributed by atoms with Gasteiger partial charge in [0.1, 0.15) is 48.8 Å². The number of nitrogens with one attached hydrogen (secondary N) is 2. The molecule has 0 unspecified atom stereocenters. The van der Waals surface area contributed by atoms with Crippen molar-refractivity contribution in [1.29, 1.82) is 0 Å². The van der Waals surface area contributed by atoms with Gasteiger partial charge in [-0.25, -0.2) is 4.79 Å². The maximum atomic E-state index is 14.9. The van der Waals surface area contributed by atoms with Gasteiger partial charge in [0, 0.05) is 84.6 Å². The number of carbonyl (C=O) groups is 7. The van der Waals surface area contributed by atoms with Crippen LogP contribution in [0.1, 0.15) is 130 Å². The molecule has 2 fully saturated rings. The zero-order valence-electron chi connectivity index (χ0n) is 47.6. The molecule has 1 aromatic heterocycles. The number of rotatable bonds is 13. The molecule has 2 saturated heterocycles. The van der Waals surface area contributed by atoms with E-state index in [1.807, 2.05) is 33.8 Å². The van der Waals surface area contributed by atoms with E-state index in [9.17, 15) is 48.3 Å². The van der Waals surface area contributed by atoms with Gasteiger partial charge in [-0.2, -0.15) is 0 Å². The van der Waals surface area contributed by atoms with Crippen LogP contribution in [0.3, 0.4) is 0 Å². The van der Waals surface area contributed by atoms with Crippen molar-refractivity contribution in [2.75, 3.05) is 26.1 Å². The second kappa shape index (κ2) is 25.4. The van der Waals surface area contributed by atoms with Crippen LogP contribution in [-0.2, 0) is 57.1 Å². The molecule has 25 nitrogen and oxygen atoms in total. The summed E-state index contributed by atoms with van der Waals surface area (Å²) in [5.41, 5.74) is 6.06. The van der Waals surface area contributed by atoms with Crippen molar-refractivity contribution in [3.63, 3.8) is 0 Å². The number of phenolic OH excluding ortho intramolecular Hbond substituents is 1. The molecule has 82 heavy (non-hydrogen) atoms. The summed E-state index contributed by atoms with van der Waals surface area (Å²) < 4.78 is 54.8. The van der Waals surface area contributed by atoms with E-state index < -0.39 is 161 Å². The lowest BCUT2D eigenvalue weighted by Gasteiger charge is -2.50. The normalized spacial score (nSPS) is 30.4. The van der Waals surface area contributed by atoms with Crippen LogP contribution in [0.5, 0.6) is 11.5 Å². The number of Topliss-reactive ketones (excluding diaryl/α,β-unsaturated/α-hetero) is 3. The minimum atomic E-state index is -2.18. The Morgan fingerprint density at radius 3 is 2.27 bits per heavy atom. The van der Waals surface area contributed by atoms with Crippen molar-refractivity contribution in [3.8, 4) is 11.5 Å². The van der Waals surface area contributed by atoms with Gasteiger partial charge in [-0.05, 0) is 46.2 Å². The number of ether oxygens (including phenoxy) is 9. The van der Waals surface area contributed by atoms with Gasteiger partial charge in [0.2, 0.25) is 11.6 Å². The van der Waals surface area contributed by atoms with Gasteiger partial charge in [-0.1, -0.05) is 51.0 Å². The number of aryl methyl sites for hydroxylation is 1. The minimum Gasteiger partial charge on any atom is -0.507 e. The number of aromatic nitrogens is 2. The van der Waals surface area contributed by atoms with Crippen LogP contribution in [0.25, 0.3) is 10.4 Å². The Hall–Kier alpha value is -7.35. The topological polar surface area (TPSA) is 338 Å². The van der Waals surface area contributed by atoms with Crippen LogP contribution in [0.2, 0.25) is 0 Å². The smallest absolute Gasteiger partial charge is 0.330 e. The fourth-order valence-electron chi connectivity index (χ4n) is 10.7. The first-order chi connectivity index (χ1) is 38.6. The maximum Gasteiger partial charge on any atom is 0.330 e. The number of benzene rings is 1. The van der Waals surface area contributed by atoms with Gasteiger partial charge in [0.15, 0.2) is 5.79 Å². The zero-order valence-corrected chi connectivity index (χ0v) is 48.4. The van der Waals surface area contributed by atoms with E-state index in [1.54, 1.807) is 19.9 Å². The van der Waals surface area contributed by atoms with Crippen molar-refractivity contribution in [2.45, 2.75) is 150 Å². The van der Waals surface area contributed by atoms with Crippen LogP contribution in [0.4, 0.5) is 0 Å². The lowest BCUT2D eigenvalue weighted by molar-refractivity contribution is -0.336. The van der Waals surface area contributed by atoms with Crippen LogP contribution in [0, 0.1) is 37.5 Å². The third kappa shape index (κ3) is 13.1. The van der Waals surface area contributed by atoms with E-state index in [0.717, 1.165) is 4.57 Å². The number of hydrogen-bond acceptors (Lipinski definition) is 21. The molecule has 8 rings (SSSR count). The van der Waals surface area contributed by atoms with Crippen LogP contribution in [0.15, 0.2) is 67.6 Å². The van der Waals surface area contributed by atoms with E-state index >= 15 is 0 Å². The summed E-state index contributed by atoms with van der Waals surface area (Å²) in [4.78, 5) is 126. The molecule has 1 amide bonds. The Bertz CT molecular complexity index is 3230. The lowest BCUT2D eigenvalue weighted by Crippen LogP contribution is -2.56. The van der Waals surface area contributed by atoms with E-state index in [4.69, 9.17) is 48.2 Å². The predicted molar refractivity (Wildman–Crippen MR) is 291 cm³/mol. The average molecular weight is 1160 g/mol. The second-order valence-corrected chi connectivity index (χ2v) is 22.6. The van der Waals surface area contributed by atoms with Gasteiger partial charge < -0.3 is 53.1 Å². The first kappa shape index (κ1) is 62.3. The number of nitrogens with zero attached hydrogens (tertiary/aromatic N) is 4. The maximum absolute atomic E-state index is 14.9. The van der Waals surface area contributed by atoms with Crippen molar-refractivity contribution in [3.05, 3.63) is 112 Å². The van der Waals surface area contributed by atoms with Crippen molar-refractivity contribution in [1.82, 2.24) is 14.9 Å². The molecule has 6 heterocycles. The number of thioether (sulfide) groups is 1. The first-order valence-corrected chi connectivity index (χ1v) is 27.6. The summed E-state index contributed by atoms with van der Waals surface area (Å²) >= 11 is 0.714. The van der Waals surface area contributed by atoms with E-state index in [2.05, 4.69) is 20.3 Å². The molecular weight excluding hydrogens is 1090 g/mol. The lowest BCUT2D eigenvalue weighted by atomic mass is 9.77. The van der Waals surface area contributed by atoms with Gasteiger partial charge in [0.25, 0.3) is 17.2 Å². The number of H-pyrrole nitrogens is 1. The standard InChI is InChI=1S/C56H68N6O19S/c1-25-14-13-15-26(2)52(70)58-42-44(67)40-39(45(68)50(42)82-21-20-74-37(64)16-17-38(65)75-24-35-33(60-61-57)22-36(78-35)62-23-27(3)53(71)59-54(62)72)41-49(29(5)43(40)66)81-56(11,51(41)69)76-19-18-34(73-12)28(4)47(77-32(8)63)31(7)48-30(6)46(25)79-55(9,10)80-48/h13-15,18-19,23,25,28,30-31,33-36,46-48,66H,16-17,20-22,24H2,1-12H3,(H,58,70)(H,59,71,72)/b14-13+,19-18+,26-15-/t25-,28+,30+,31+,33-,34-,35+,36+,46-,47-,48+,56-/m0/s1. The fraction of sp³-hybridized carbons (Fsp3) is 0.554. The van der Waals surface area contributed by atoms with E-state index in [1.165, 1.54) is 66.3 Å². The summed E-state index contributed by atoms with van der Waals surface area (Å²) in [6.07, 6.45) is 3.66. The molecule has 5 aliphatic heterocycles. The summed E-state index contributed by atoms with van der Waals surface area (Å²) in [5, 5.41) is 17.9. The van der Waals surface area contributed by atoms with E-state index in [0.29, 0.717) is 11.8 Å². The third-order valence-electron chi connectivity index (χ3n) is 15.1. The third-order valence-corrected chi connectivity index (χ3v) is 16.1. The van der Waals surface area contributed by atoms with Gasteiger partial charge >= 0.3 is 29.4 Å². The number of azide groups is 1. The second-order valence-electron chi connectivity index (χ2n) is 21.4. The number of aromatic hydroxyl groups is 1. The molecule has 1 aliphatic carbocycles. The number of aromatic amines is 1. The highest BCUT2D eigenvalue weighted by Crippen LogP contribution is 2.50. The molecule has 442 valence electrons. The average Bonchev–Trinajstić information content (AvgIpc) is 3.87. The summed E-state index contributed by atoms with van der Waals surface area (Å²) in [6.45, 7) is 17.4. The minimum absolute atomic E-state index is 0.0285. The van der Waals surface area contributed by atoms with Crippen molar-refractivity contribution in [2.24, 2.45) is 28.8 Å². The molecule has 0 saturated carbocycles. The largest absolute Gasteiger partial charge is 0.507 e. The molecule has 6 aliphatic rings. The van der Waals surface area contributed by atoms with Gasteiger partial charge in [0.05, 0.1) is 65.1 Å².